The largest absolute Gasteiger partial charge is 0.454 e. The molecule has 0 amide bonds. The van der Waals surface area contributed by atoms with E-state index < -0.39 is 6.23 Å². The van der Waals surface area contributed by atoms with Gasteiger partial charge >= 0.3 is 0 Å². The molecule has 5 heteroatoms. The Morgan fingerprint density at radius 2 is 2.14 bits per heavy atom. The topological polar surface area (TPSA) is 51.2 Å². The average Bonchev–Trinajstić information content (AvgIpc) is 3.13. The minimum atomic E-state index is -0.575. The van der Waals surface area contributed by atoms with Gasteiger partial charge in [0.15, 0.2) is 11.5 Å². The highest BCUT2D eigenvalue weighted by atomic mass is 16.7. The quantitative estimate of drug-likeness (QED) is 0.800. The van der Waals surface area contributed by atoms with Crippen LogP contribution in [0.1, 0.15) is 30.2 Å². The molecular formula is C17H19NO4. The third kappa shape index (κ3) is 1.44. The molecule has 0 saturated carbocycles. The van der Waals surface area contributed by atoms with Crippen LogP contribution in [0.15, 0.2) is 24.3 Å². The van der Waals surface area contributed by atoms with Crippen molar-refractivity contribution in [1.29, 1.82) is 0 Å². The molecule has 5 nitrogen and oxygen atoms in total. The normalized spacial score (nSPS) is 40.5. The van der Waals surface area contributed by atoms with Crippen LogP contribution in [0, 0.1) is 0 Å². The van der Waals surface area contributed by atoms with Gasteiger partial charge in [-0.2, -0.15) is 0 Å². The minimum absolute atomic E-state index is 0.0371. The zero-order valence-corrected chi connectivity index (χ0v) is 12.5. The van der Waals surface area contributed by atoms with Gasteiger partial charge in [-0.25, -0.2) is 0 Å². The molecule has 2 bridgehead atoms. The fraction of sp³-hybridized carbons (Fsp3) is 0.529. The smallest absolute Gasteiger partial charge is 0.231 e. The van der Waals surface area contributed by atoms with Gasteiger partial charge in [0.2, 0.25) is 6.79 Å². The van der Waals surface area contributed by atoms with Crippen molar-refractivity contribution in [2.24, 2.45) is 0 Å². The van der Waals surface area contributed by atoms with E-state index in [1.165, 1.54) is 5.56 Å². The van der Waals surface area contributed by atoms with Crippen LogP contribution in [-0.2, 0) is 10.2 Å². The van der Waals surface area contributed by atoms with Gasteiger partial charge in [0.25, 0.3) is 0 Å². The molecule has 1 saturated heterocycles. The average molecular weight is 301 g/mol. The monoisotopic (exact) mass is 301 g/mol. The van der Waals surface area contributed by atoms with E-state index in [0.717, 1.165) is 36.4 Å². The second-order valence-electron chi connectivity index (χ2n) is 6.58. The lowest BCUT2D eigenvalue weighted by atomic mass is 9.66. The first-order valence-electron chi connectivity index (χ1n) is 7.83. The second-order valence-corrected chi connectivity index (χ2v) is 6.58. The van der Waals surface area contributed by atoms with Crippen LogP contribution in [0.4, 0.5) is 0 Å². The summed E-state index contributed by atoms with van der Waals surface area (Å²) in [6.07, 6.45) is 5.95. The SMILES string of the molecule is CO[C@@H]1C=C[C@@]23CCN(C2C1)[C@@H](O)c1cc2c(cc13)OCO2. The maximum Gasteiger partial charge on any atom is 0.231 e. The van der Waals surface area contributed by atoms with Gasteiger partial charge in [0.1, 0.15) is 6.23 Å². The Bertz CT molecular complexity index is 673. The predicted octanol–water partition coefficient (Wildman–Crippen LogP) is 1.71. The Kier molecular flexibility index (Phi) is 2.50. The number of methoxy groups -OCH3 is 1. The standard InChI is InChI=1S/C17H19NO4/c1-20-10-2-3-17-4-5-18(15(17)6-10)16(19)11-7-13-14(8-12(11)17)22-9-21-13/h2-3,7-8,10,15-16,19H,4-6,9H2,1H3/t10-,15?,16+,17+/m1/s1. The van der Waals surface area contributed by atoms with E-state index in [1.54, 1.807) is 7.11 Å². The molecular weight excluding hydrogens is 282 g/mol. The van der Waals surface area contributed by atoms with Crippen LogP contribution in [0.5, 0.6) is 11.5 Å². The summed E-state index contributed by atoms with van der Waals surface area (Å²) in [5, 5.41) is 10.8. The molecule has 4 aliphatic rings. The zero-order valence-electron chi connectivity index (χ0n) is 12.5. The van der Waals surface area contributed by atoms with E-state index in [-0.39, 0.29) is 24.4 Å². The number of hydrogen-bond donors (Lipinski definition) is 1. The van der Waals surface area contributed by atoms with E-state index in [9.17, 15) is 5.11 Å². The number of nitrogens with zero attached hydrogens (tertiary/aromatic N) is 1. The Hall–Kier alpha value is -1.56. The maximum atomic E-state index is 10.8. The Balaban J connectivity index is 1.72. The molecule has 116 valence electrons. The van der Waals surface area contributed by atoms with Gasteiger partial charge in [-0.15, -0.1) is 0 Å². The zero-order chi connectivity index (χ0) is 14.9. The van der Waals surface area contributed by atoms with E-state index >= 15 is 0 Å². The molecule has 1 N–H and O–H groups in total. The van der Waals surface area contributed by atoms with Gasteiger partial charge in [0, 0.05) is 30.7 Å². The second kappa shape index (κ2) is 4.25. The fourth-order valence-electron chi connectivity index (χ4n) is 4.67. The Labute approximate surface area is 129 Å². The molecule has 1 aromatic rings. The number of hydrogen-bond acceptors (Lipinski definition) is 5. The summed E-state index contributed by atoms with van der Waals surface area (Å²) in [5.41, 5.74) is 2.11. The van der Waals surface area contributed by atoms with Crippen LogP contribution in [-0.4, -0.2) is 42.6 Å². The van der Waals surface area contributed by atoms with E-state index in [1.807, 2.05) is 6.07 Å². The van der Waals surface area contributed by atoms with Crippen molar-refractivity contribution in [1.82, 2.24) is 4.90 Å². The summed E-state index contributed by atoms with van der Waals surface area (Å²) in [4.78, 5) is 2.21. The number of aliphatic hydroxyl groups is 1. The molecule has 5 atom stereocenters. The maximum absolute atomic E-state index is 10.8. The molecule has 0 aromatic heterocycles. The van der Waals surface area contributed by atoms with E-state index in [2.05, 4.69) is 23.1 Å². The van der Waals surface area contributed by atoms with Crippen LogP contribution < -0.4 is 9.47 Å². The lowest BCUT2D eigenvalue weighted by Gasteiger charge is -2.47. The van der Waals surface area contributed by atoms with Crippen LogP contribution in [0.25, 0.3) is 0 Å². The molecule has 1 aromatic carbocycles. The predicted molar refractivity (Wildman–Crippen MR) is 78.9 cm³/mol. The van der Waals surface area contributed by atoms with Crippen LogP contribution >= 0.6 is 0 Å². The highest BCUT2D eigenvalue weighted by Gasteiger charge is 2.56. The summed E-state index contributed by atoms with van der Waals surface area (Å²) in [6, 6.07) is 4.31. The lowest BCUT2D eigenvalue weighted by Crippen LogP contribution is -2.51. The summed E-state index contributed by atoms with van der Waals surface area (Å²) in [7, 11) is 1.75. The third-order valence-corrected chi connectivity index (χ3v) is 5.78. The van der Waals surface area contributed by atoms with E-state index in [0.29, 0.717) is 0 Å². The van der Waals surface area contributed by atoms with Crippen LogP contribution in [0.2, 0.25) is 0 Å². The van der Waals surface area contributed by atoms with Crippen molar-refractivity contribution in [2.75, 3.05) is 20.4 Å². The summed E-state index contributed by atoms with van der Waals surface area (Å²) in [5.74, 6) is 1.53. The molecule has 0 radical (unpaired) electrons. The summed E-state index contributed by atoms with van der Waals surface area (Å²) >= 11 is 0. The first kappa shape index (κ1) is 12.9. The van der Waals surface area contributed by atoms with Gasteiger partial charge in [-0.1, -0.05) is 12.2 Å². The Morgan fingerprint density at radius 3 is 2.95 bits per heavy atom. The van der Waals surface area contributed by atoms with E-state index in [4.69, 9.17) is 14.2 Å². The van der Waals surface area contributed by atoms with Gasteiger partial charge in [-0.05, 0) is 30.5 Å². The number of benzene rings is 1. The molecule has 22 heavy (non-hydrogen) atoms. The Morgan fingerprint density at radius 1 is 1.32 bits per heavy atom. The van der Waals surface area contributed by atoms with Crippen LogP contribution in [0.3, 0.4) is 0 Å². The number of rotatable bonds is 1. The highest BCUT2D eigenvalue weighted by molar-refractivity contribution is 5.56. The van der Waals surface area contributed by atoms with Crippen molar-refractivity contribution in [3.63, 3.8) is 0 Å². The van der Waals surface area contributed by atoms with Crippen molar-refractivity contribution in [3.8, 4) is 11.5 Å². The molecule has 1 fully saturated rings. The molecule has 5 rings (SSSR count). The number of aliphatic hydroxyl groups excluding tert-OH is 1. The van der Waals surface area contributed by atoms with Gasteiger partial charge in [-0.3, -0.25) is 4.90 Å². The molecule has 3 aliphatic heterocycles. The molecule has 2 unspecified atom stereocenters. The molecule has 0 spiro atoms. The first-order valence-corrected chi connectivity index (χ1v) is 7.83. The first-order chi connectivity index (χ1) is 10.7. The summed E-state index contributed by atoms with van der Waals surface area (Å²) in [6.45, 7) is 1.16. The highest BCUT2D eigenvalue weighted by Crippen LogP contribution is 2.56. The van der Waals surface area contributed by atoms with Crippen molar-refractivity contribution >= 4 is 0 Å². The minimum Gasteiger partial charge on any atom is -0.454 e. The van der Waals surface area contributed by atoms with Crippen molar-refractivity contribution in [3.05, 3.63) is 35.4 Å². The molecule has 1 aliphatic carbocycles. The van der Waals surface area contributed by atoms with Crippen molar-refractivity contribution < 1.29 is 19.3 Å². The molecule has 3 heterocycles. The van der Waals surface area contributed by atoms with Gasteiger partial charge in [0.05, 0.1) is 6.10 Å². The number of fused-ring (bicyclic) bond motifs is 2. The van der Waals surface area contributed by atoms with Crippen molar-refractivity contribution in [2.45, 2.75) is 36.6 Å². The summed E-state index contributed by atoms with van der Waals surface area (Å²) < 4.78 is 16.6. The lowest BCUT2D eigenvalue weighted by molar-refractivity contribution is -0.0399. The number of ether oxygens (including phenoxy) is 3. The third-order valence-electron chi connectivity index (χ3n) is 5.78. The fourth-order valence-corrected chi connectivity index (χ4v) is 4.67. The van der Waals surface area contributed by atoms with Gasteiger partial charge < -0.3 is 19.3 Å².